The van der Waals surface area contributed by atoms with Crippen LogP contribution in [0.4, 0.5) is 0 Å². The SMILES string of the molecule is Cc1ccc(Sc2ncccc2C(=O)OCC(=O)NCCC#N)cc1C. The highest BCUT2D eigenvalue weighted by Gasteiger charge is 2.16. The topological polar surface area (TPSA) is 92.1 Å². The summed E-state index contributed by atoms with van der Waals surface area (Å²) in [6, 6.07) is 11.2. The van der Waals surface area contributed by atoms with Gasteiger partial charge in [0.15, 0.2) is 6.61 Å². The van der Waals surface area contributed by atoms with E-state index < -0.39 is 18.5 Å². The first-order valence-corrected chi connectivity index (χ1v) is 8.84. The minimum atomic E-state index is -0.611. The number of amides is 1. The number of nitriles is 1. The van der Waals surface area contributed by atoms with E-state index in [9.17, 15) is 9.59 Å². The summed E-state index contributed by atoms with van der Waals surface area (Å²) in [6.45, 7) is 3.90. The van der Waals surface area contributed by atoms with Crippen molar-refractivity contribution in [1.29, 1.82) is 5.26 Å². The Labute approximate surface area is 156 Å². The zero-order valence-electron chi connectivity index (χ0n) is 14.6. The molecule has 0 saturated heterocycles. The highest BCUT2D eigenvalue weighted by atomic mass is 32.2. The van der Waals surface area contributed by atoms with Gasteiger partial charge in [-0.1, -0.05) is 17.8 Å². The van der Waals surface area contributed by atoms with Crippen LogP contribution >= 0.6 is 11.8 Å². The van der Waals surface area contributed by atoms with E-state index in [4.69, 9.17) is 10.00 Å². The van der Waals surface area contributed by atoms with E-state index >= 15 is 0 Å². The van der Waals surface area contributed by atoms with Gasteiger partial charge in [0.1, 0.15) is 5.03 Å². The number of pyridine rings is 1. The molecule has 2 aromatic rings. The highest BCUT2D eigenvalue weighted by molar-refractivity contribution is 7.99. The van der Waals surface area contributed by atoms with Crippen molar-refractivity contribution >= 4 is 23.6 Å². The van der Waals surface area contributed by atoms with Crippen molar-refractivity contribution in [1.82, 2.24) is 10.3 Å². The number of benzene rings is 1. The Bertz CT molecular complexity index is 846. The summed E-state index contributed by atoms with van der Waals surface area (Å²) < 4.78 is 5.05. The summed E-state index contributed by atoms with van der Waals surface area (Å²) in [4.78, 5) is 29.1. The first kappa shape index (κ1) is 19.5. The minimum absolute atomic E-state index is 0.207. The maximum Gasteiger partial charge on any atom is 0.341 e. The lowest BCUT2D eigenvalue weighted by Gasteiger charge is -2.09. The lowest BCUT2D eigenvalue weighted by atomic mass is 10.1. The highest BCUT2D eigenvalue weighted by Crippen LogP contribution is 2.30. The maximum atomic E-state index is 12.3. The Kier molecular flexibility index (Phi) is 7.18. The van der Waals surface area contributed by atoms with E-state index in [2.05, 4.69) is 10.3 Å². The fraction of sp³-hybridized carbons (Fsp3) is 0.263. The monoisotopic (exact) mass is 369 g/mol. The Morgan fingerprint density at radius 3 is 2.81 bits per heavy atom. The Hall–Kier alpha value is -2.85. The number of aromatic nitrogens is 1. The number of nitrogens with one attached hydrogen (secondary N) is 1. The van der Waals surface area contributed by atoms with Gasteiger partial charge in [0.2, 0.25) is 0 Å². The first-order valence-electron chi connectivity index (χ1n) is 8.02. The van der Waals surface area contributed by atoms with Crippen LogP contribution < -0.4 is 5.32 Å². The molecular weight excluding hydrogens is 350 g/mol. The first-order chi connectivity index (χ1) is 12.5. The molecule has 0 radical (unpaired) electrons. The number of ether oxygens (including phenoxy) is 1. The molecule has 0 saturated carbocycles. The van der Waals surface area contributed by atoms with E-state index in [0.29, 0.717) is 10.6 Å². The predicted molar refractivity (Wildman–Crippen MR) is 97.8 cm³/mol. The molecule has 1 N–H and O–H groups in total. The van der Waals surface area contributed by atoms with Gasteiger partial charge in [-0.3, -0.25) is 4.79 Å². The number of esters is 1. The summed E-state index contributed by atoms with van der Waals surface area (Å²) in [5.41, 5.74) is 2.65. The van der Waals surface area contributed by atoms with Crippen molar-refractivity contribution in [3.8, 4) is 6.07 Å². The van der Waals surface area contributed by atoms with Crippen LogP contribution in [0.2, 0.25) is 0 Å². The molecule has 0 unspecified atom stereocenters. The Balaban J connectivity index is 2.03. The fourth-order valence-electron chi connectivity index (χ4n) is 2.03. The molecule has 0 bridgehead atoms. The van der Waals surface area contributed by atoms with Gasteiger partial charge in [0, 0.05) is 17.6 Å². The van der Waals surface area contributed by atoms with E-state index in [0.717, 1.165) is 10.5 Å². The molecular formula is C19H19N3O3S. The van der Waals surface area contributed by atoms with Gasteiger partial charge in [-0.05, 0) is 49.2 Å². The van der Waals surface area contributed by atoms with Gasteiger partial charge >= 0.3 is 5.97 Å². The van der Waals surface area contributed by atoms with Crippen molar-refractivity contribution in [2.24, 2.45) is 0 Å². The molecule has 0 aliphatic carbocycles. The number of carbonyl (C=O) groups is 2. The van der Waals surface area contributed by atoms with Crippen LogP contribution in [0.5, 0.6) is 0 Å². The van der Waals surface area contributed by atoms with Crippen molar-refractivity contribution in [2.45, 2.75) is 30.2 Å². The van der Waals surface area contributed by atoms with E-state index in [1.807, 2.05) is 38.1 Å². The van der Waals surface area contributed by atoms with E-state index in [-0.39, 0.29) is 13.0 Å². The van der Waals surface area contributed by atoms with Gasteiger partial charge < -0.3 is 10.1 Å². The van der Waals surface area contributed by atoms with Gasteiger partial charge in [-0.15, -0.1) is 0 Å². The molecule has 6 nitrogen and oxygen atoms in total. The largest absolute Gasteiger partial charge is 0.452 e. The van der Waals surface area contributed by atoms with Crippen LogP contribution in [-0.4, -0.2) is 30.0 Å². The van der Waals surface area contributed by atoms with E-state index in [1.54, 1.807) is 18.3 Å². The molecule has 0 aliphatic heterocycles. The average molecular weight is 369 g/mol. The Morgan fingerprint density at radius 1 is 1.27 bits per heavy atom. The molecule has 0 fully saturated rings. The lowest BCUT2D eigenvalue weighted by molar-refractivity contribution is -0.124. The molecule has 26 heavy (non-hydrogen) atoms. The number of aryl methyl sites for hydroxylation is 2. The predicted octanol–water partition coefficient (Wildman–Crippen LogP) is 3.04. The van der Waals surface area contributed by atoms with Gasteiger partial charge in [0.25, 0.3) is 5.91 Å². The van der Waals surface area contributed by atoms with Crippen LogP contribution in [0, 0.1) is 25.2 Å². The maximum absolute atomic E-state index is 12.3. The van der Waals surface area contributed by atoms with Crippen molar-refractivity contribution < 1.29 is 14.3 Å². The van der Waals surface area contributed by atoms with E-state index in [1.165, 1.54) is 17.3 Å². The molecule has 2 rings (SSSR count). The second-order valence-corrected chi connectivity index (χ2v) is 6.60. The van der Waals surface area contributed by atoms with Crippen LogP contribution in [-0.2, 0) is 9.53 Å². The minimum Gasteiger partial charge on any atom is -0.452 e. The molecule has 0 aliphatic rings. The number of carbonyl (C=O) groups excluding carboxylic acids is 2. The third kappa shape index (κ3) is 5.60. The summed E-state index contributed by atoms with van der Waals surface area (Å²) in [7, 11) is 0. The van der Waals surface area contributed by atoms with Gasteiger partial charge in [-0.2, -0.15) is 5.26 Å². The number of rotatable bonds is 7. The number of hydrogen-bond donors (Lipinski definition) is 1. The molecule has 0 spiro atoms. The summed E-state index contributed by atoms with van der Waals surface area (Å²) in [5, 5.41) is 11.4. The second-order valence-electron chi connectivity index (χ2n) is 5.54. The Morgan fingerprint density at radius 2 is 2.08 bits per heavy atom. The van der Waals surface area contributed by atoms with Crippen LogP contribution in [0.15, 0.2) is 46.5 Å². The molecule has 1 amide bonds. The smallest absolute Gasteiger partial charge is 0.341 e. The average Bonchev–Trinajstić information content (AvgIpc) is 2.63. The van der Waals surface area contributed by atoms with Crippen molar-refractivity contribution in [3.05, 3.63) is 53.2 Å². The zero-order chi connectivity index (χ0) is 18.9. The van der Waals surface area contributed by atoms with Gasteiger partial charge in [0.05, 0.1) is 18.1 Å². The molecule has 1 aromatic carbocycles. The lowest BCUT2D eigenvalue weighted by Crippen LogP contribution is -2.29. The summed E-state index contributed by atoms with van der Waals surface area (Å²) in [6.07, 6.45) is 1.81. The summed E-state index contributed by atoms with van der Waals surface area (Å²) in [5.74, 6) is -1.05. The third-order valence-electron chi connectivity index (χ3n) is 3.58. The molecule has 134 valence electrons. The van der Waals surface area contributed by atoms with Crippen molar-refractivity contribution in [2.75, 3.05) is 13.2 Å². The fourth-order valence-corrected chi connectivity index (χ4v) is 3.00. The molecule has 0 atom stereocenters. The van der Waals surface area contributed by atoms with Crippen LogP contribution in [0.1, 0.15) is 27.9 Å². The quantitative estimate of drug-likeness (QED) is 0.596. The van der Waals surface area contributed by atoms with Crippen molar-refractivity contribution in [3.63, 3.8) is 0 Å². The number of nitrogens with zero attached hydrogens (tertiary/aromatic N) is 2. The molecule has 1 aromatic heterocycles. The van der Waals surface area contributed by atoms with Gasteiger partial charge in [-0.25, -0.2) is 9.78 Å². The van der Waals surface area contributed by atoms with Crippen LogP contribution in [0.25, 0.3) is 0 Å². The molecule has 7 heteroatoms. The summed E-state index contributed by atoms with van der Waals surface area (Å²) >= 11 is 1.37. The normalized spacial score (nSPS) is 10.0. The van der Waals surface area contributed by atoms with Crippen LogP contribution in [0.3, 0.4) is 0 Å². The standard InChI is InChI=1S/C19H19N3O3S/c1-13-6-7-15(11-14(13)2)26-18-16(5-3-9-22-18)19(24)25-12-17(23)21-10-4-8-20/h3,5-7,9,11H,4,10,12H2,1-2H3,(H,21,23). The molecule has 1 heterocycles. The number of hydrogen-bond acceptors (Lipinski definition) is 6. The second kappa shape index (κ2) is 9.59. The zero-order valence-corrected chi connectivity index (χ0v) is 15.4. The third-order valence-corrected chi connectivity index (χ3v) is 4.59.